The molecular weight excluding hydrogens is 273 g/mol. The number of fused-ring (bicyclic) bond motifs is 3. The van der Waals surface area contributed by atoms with Gasteiger partial charge in [0.2, 0.25) is 5.91 Å². The van der Waals surface area contributed by atoms with Gasteiger partial charge >= 0.3 is 0 Å². The van der Waals surface area contributed by atoms with Crippen molar-refractivity contribution in [2.24, 2.45) is 0 Å². The number of amides is 1. The molecule has 110 valence electrons. The number of halogens is 1. The molecule has 3 rings (SSSR count). The number of rotatable bonds is 1. The smallest absolute Gasteiger partial charge is 0.256 e. The number of carbonyl (C=O) groups is 1. The maximum absolute atomic E-state index is 13.4. The van der Waals surface area contributed by atoms with Crippen LogP contribution in [-0.4, -0.2) is 29.4 Å². The van der Waals surface area contributed by atoms with Crippen molar-refractivity contribution < 1.29 is 9.18 Å². The van der Waals surface area contributed by atoms with Crippen LogP contribution in [0.3, 0.4) is 0 Å². The van der Waals surface area contributed by atoms with Gasteiger partial charge in [0.05, 0.1) is 18.0 Å². The Balaban J connectivity index is 2.28. The van der Waals surface area contributed by atoms with Crippen LogP contribution in [-0.2, 0) is 11.3 Å². The monoisotopic (exact) mass is 289 g/mol. The molecule has 1 aromatic carbocycles. The number of likely N-dealkylation sites (N-methyl/N-ethyl adjacent to an activating group) is 1. The topological polar surface area (TPSA) is 65.2 Å². The molecule has 21 heavy (non-hydrogen) atoms. The molecule has 0 saturated heterocycles. The number of nitrogens with zero attached hydrogens (tertiary/aromatic N) is 1. The number of aromatic amines is 1. The number of pyridine rings is 1. The van der Waals surface area contributed by atoms with E-state index in [1.54, 1.807) is 18.0 Å². The van der Waals surface area contributed by atoms with Gasteiger partial charge in [-0.05, 0) is 24.6 Å². The third-order valence-electron chi connectivity index (χ3n) is 4.00. The first-order chi connectivity index (χ1) is 10.0. The predicted molar refractivity (Wildman–Crippen MR) is 77.4 cm³/mol. The first kappa shape index (κ1) is 13.8. The van der Waals surface area contributed by atoms with E-state index in [2.05, 4.69) is 10.3 Å². The molecule has 0 aliphatic carbocycles. The van der Waals surface area contributed by atoms with Crippen molar-refractivity contribution in [3.05, 3.63) is 45.6 Å². The van der Waals surface area contributed by atoms with E-state index in [4.69, 9.17) is 0 Å². The van der Waals surface area contributed by atoms with Crippen molar-refractivity contribution >= 4 is 16.7 Å². The molecule has 1 amide bonds. The molecular formula is C15H16FN3O2. The highest BCUT2D eigenvalue weighted by molar-refractivity contribution is 5.86. The van der Waals surface area contributed by atoms with Gasteiger partial charge in [-0.15, -0.1) is 0 Å². The van der Waals surface area contributed by atoms with Crippen molar-refractivity contribution in [1.29, 1.82) is 0 Å². The molecule has 2 heterocycles. The Morgan fingerprint density at radius 3 is 2.86 bits per heavy atom. The summed E-state index contributed by atoms with van der Waals surface area (Å²) in [6.45, 7) is 2.40. The molecule has 0 saturated carbocycles. The minimum Gasteiger partial charge on any atom is -0.335 e. The zero-order valence-electron chi connectivity index (χ0n) is 11.9. The fourth-order valence-corrected chi connectivity index (χ4v) is 2.94. The quantitative estimate of drug-likeness (QED) is 0.831. The van der Waals surface area contributed by atoms with Crippen LogP contribution >= 0.6 is 0 Å². The van der Waals surface area contributed by atoms with Crippen molar-refractivity contribution in [2.75, 3.05) is 13.6 Å². The molecule has 0 unspecified atom stereocenters. The minimum atomic E-state index is -0.435. The molecule has 5 nitrogen and oxygen atoms in total. The lowest BCUT2D eigenvalue weighted by atomic mass is 9.94. The zero-order chi connectivity index (χ0) is 15.1. The van der Waals surface area contributed by atoms with Crippen LogP contribution in [0.4, 0.5) is 4.39 Å². The molecule has 1 aliphatic rings. The van der Waals surface area contributed by atoms with Gasteiger partial charge in [-0.2, -0.15) is 0 Å². The number of carbonyl (C=O) groups excluding carboxylic acids is 1. The Kier molecular flexibility index (Phi) is 3.25. The maximum Gasteiger partial charge on any atom is 0.256 e. The van der Waals surface area contributed by atoms with Crippen molar-refractivity contribution in [2.45, 2.75) is 19.5 Å². The Labute approximate surface area is 120 Å². The normalized spacial score (nSPS) is 17.9. The first-order valence-corrected chi connectivity index (χ1v) is 6.78. The van der Waals surface area contributed by atoms with Gasteiger partial charge in [-0.1, -0.05) is 6.07 Å². The third-order valence-corrected chi connectivity index (χ3v) is 4.00. The molecule has 1 atom stereocenters. The van der Waals surface area contributed by atoms with Gasteiger partial charge < -0.3 is 15.2 Å². The summed E-state index contributed by atoms with van der Waals surface area (Å²) < 4.78 is 13.4. The number of nitrogens with one attached hydrogen (secondary N) is 2. The second-order valence-electron chi connectivity index (χ2n) is 5.28. The summed E-state index contributed by atoms with van der Waals surface area (Å²) in [6.07, 6.45) is 0. The number of H-pyrrole nitrogens is 1. The molecule has 1 aliphatic heterocycles. The molecule has 0 fully saturated rings. The number of aromatic nitrogens is 1. The highest BCUT2D eigenvalue weighted by Crippen LogP contribution is 2.30. The number of benzene rings is 1. The standard InChI is InChI=1S/C15H16FN3O2/c1-8(20)19-6-12(17-2)14-10-4-3-9(16)5-11(10)15(21)18-13(14)7-19/h3-5,12,17H,6-7H2,1-2H3,(H,18,21)/t12-/m0/s1. The molecule has 0 radical (unpaired) electrons. The Morgan fingerprint density at radius 2 is 2.19 bits per heavy atom. The summed E-state index contributed by atoms with van der Waals surface area (Å²) in [5.74, 6) is -0.476. The summed E-state index contributed by atoms with van der Waals surface area (Å²) in [7, 11) is 1.80. The first-order valence-electron chi connectivity index (χ1n) is 6.78. The summed E-state index contributed by atoms with van der Waals surface area (Å²) in [4.78, 5) is 28.2. The van der Waals surface area contributed by atoms with Crippen LogP contribution in [0.5, 0.6) is 0 Å². The van der Waals surface area contributed by atoms with E-state index in [9.17, 15) is 14.0 Å². The fourth-order valence-electron chi connectivity index (χ4n) is 2.94. The van der Waals surface area contributed by atoms with Crippen LogP contribution in [0, 0.1) is 5.82 Å². The van der Waals surface area contributed by atoms with E-state index in [0.29, 0.717) is 24.2 Å². The third kappa shape index (κ3) is 2.21. The number of hydrogen-bond donors (Lipinski definition) is 2. The van der Waals surface area contributed by atoms with Crippen LogP contribution in [0.15, 0.2) is 23.0 Å². The summed E-state index contributed by atoms with van der Waals surface area (Å²) in [5, 5.41) is 4.23. The Hall–Kier alpha value is -2.21. The van der Waals surface area contributed by atoms with Crippen LogP contribution in [0.25, 0.3) is 10.8 Å². The summed E-state index contributed by atoms with van der Waals surface area (Å²) >= 11 is 0. The van der Waals surface area contributed by atoms with E-state index in [1.807, 2.05) is 0 Å². The average Bonchev–Trinajstić information content (AvgIpc) is 2.46. The molecule has 2 N–H and O–H groups in total. The van der Waals surface area contributed by atoms with Gasteiger partial charge in [0.25, 0.3) is 5.56 Å². The lowest BCUT2D eigenvalue weighted by Crippen LogP contribution is -2.42. The van der Waals surface area contributed by atoms with Crippen LogP contribution < -0.4 is 10.9 Å². The van der Waals surface area contributed by atoms with Gasteiger partial charge in [-0.25, -0.2) is 4.39 Å². The molecule has 0 spiro atoms. The second-order valence-corrected chi connectivity index (χ2v) is 5.28. The highest BCUT2D eigenvalue weighted by Gasteiger charge is 2.28. The van der Waals surface area contributed by atoms with Crippen molar-refractivity contribution in [3.8, 4) is 0 Å². The Morgan fingerprint density at radius 1 is 1.43 bits per heavy atom. The van der Waals surface area contributed by atoms with E-state index < -0.39 is 5.82 Å². The van der Waals surface area contributed by atoms with Gasteiger partial charge in [0, 0.05) is 24.7 Å². The van der Waals surface area contributed by atoms with Crippen molar-refractivity contribution in [3.63, 3.8) is 0 Å². The molecule has 0 bridgehead atoms. The zero-order valence-corrected chi connectivity index (χ0v) is 11.9. The average molecular weight is 289 g/mol. The molecule has 6 heteroatoms. The summed E-state index contributed by atoms with van der Waals surface area (Å²) in [6, 6.07) is 4.14. The van der Waals surface area contributed by atoms with Crippen molar-refractivity contribution in [1.82, 2.24) is 15.2 Å². The molecule has 1 aromatic heterocycles. The largest absolute Gasteiger partial charge is 0.335 e. The summed E-state index contributed by atoms with van der Waals surface area (Å²) in [5.41, 5.74) is 1.31. The van der Waals surface area contributed by atoms with Gasteiger partial charge in [0.15, 0.2) is 0 Å². The van der Waals surface area contributed by atoms with Crippen LogP contribution in [0.1, 0.15) is 24.2 Å². The van der Waals surface area contributed by atoms with E-state index >= 15 is 0 Å². The van der Waals surface area contributed by atoms with Gasteiger partial charge in [-0.3, -0.25) is 9.59 Å². The number of hydrogen-bond acceptors (Lipinski definition) is 3. The van der Waals surface area contributed by atoms with Gasteiger partial charge in [0.1, 0.15) is 5.82 Å². The van der Waals surface area contributed by atoms with E-state index in [-0.39, 0.29) is 17.5 Å². The predicted octanol–water partition coefficient (Wildman–Crippen LogP) is 1.29. The minimum absolute atomic E-state index is 0.0408. The fraction of sp³-hybridized carbons (Fsp3) is 0.333. The lowest BCUT2D eigenvalue weighted by Gasteiger charge is -2.34. The van der Waals surface area contributed by atoms with Crippen LogP contribution in [0.2, 0.25) is 0 Å². The maximum atomic E-state index is 13.4. The highest BCUT2D eigenvalue weighted by atomic mass is 19.1. The SMILES string of the molecule is CN[C@H]1CN(C(C)=O)Cc2[nH]c(=O)c3cc(F)ccc3c21. The Bertz CT molecular complexity index is 784. The second kappa shape index (κ2) is 4.96. The van der Waals surface area contributed by atoms with E-state index in [0.717, 1.165) is 10.9 Å². The lowest BCUT2D eigenvalue weighted by molar-refractivity contribution is -0.130. The van der Waals surface area contributed by atoms with E-state index in [1.165, 1.54) is 19.1 Å². The molecule has 2 aromatic rings.